The molecule has 0 bridgehead atoms. The van der Waals surface area contributed by atoms with Gasteiger partial charge in [0.05, 0.1) is 25.9 Å². The first-order valence-corrected chi connectivity index (χ1v) is 7.92. The average molecular weight is 291 g/mol. The van der Waals surface area contributed by atoms with Crippen molar-refractivity contribution in [3.05, 3.63) is 23.8 Å². The van der Waals surface area contributed by atoms with Gasteiger partial charge >= 0.3 is 0 Å². The van der Waals surface area contributed by atoms with Crippen LogP contribution in [-0.2, 0) is 4.79 Å². The van der Waals surface area contributed by atoms with Crippen LogP contribution in [0.2, 0.25) is 0 Å². The molecule has 2 rings (SSSR count). The molecular weight excluding hydrogens is 264 g/mol. The molecule has 4 nitrogen and oxygen atoms in total. The first-order valence-electron chi connectivity index (χ1n) is 7.92. The van der Waals surface area contributed by atoms with Crippen molar-refractivity contribution in [3.8, 4) is 5.75 Å². The molecule has 1 atom stereocenters. The number of amides is 1. The lowest BCUT2D eigenvalue weighted by molar-refractivity contribution is -0.913. The Labute approximate surface area is 127 Å². The van der Waals surface area contributed by atoms with E-state index in [0.29, 0.717) is 5.75 Å². The second-order valence-electron chi connectivity index (χ2n) is 5.99. The second kappa shape index (κ2) is 7.46. The molecule has 1 aromatic carbocycles. The zero-order valence-electron chi connectivity index (χ0n) is 13.4. The van der Waals surface area contributed by atoms with Gasteiger partial charge in [-0.1, -0.05) is 6.07 Å². The molecule has 0 aliphatic carbocycles. The number of hydrogen-bond acceptors (Lipinski definition) is 2. The van der Waals surface area contributed by atoms with Crippen molar-refractivity contribution in [2.75, 3.05) is 25.5 Å². The average Bonchev–Trinajstić information content (AvgIpc) is 2.75. The maximum Gasteiger partial charge on any atom is 0.282 e. The van der Waals surface area contributed by atoms with Crippen molar-refractivity contribution < 1.29 is 14.4 Å². The number of benzene rings is 1. The molecule has 1 fully saturated rings. The Morgan fingerprint density at radius 1 is 1.24 bits per heavy atom. The van der Waals surface area contributed by atoms with E-state index in [2.05, 4.69) is 5.32 Å². The Morgan fingerprint density at radius 2 is 1.90 bits per heavy atom. The molecular formula is C17H27N2O2+. The minimum Gasteiger partial charge on any atom is -0.495 e. The maximum absolute atomic E-state index is 12.5. The van der Waals surface area contributed by atoms with Crippen LogP contribution in [-0.4, -0.2) is 32.1 Å². The van der Waals surface area contributed by atoms with Crippen LogP contribution in [0.25, 0.3) is 0 Å². The molecule has 0 unspecified atom stereocenters. The van der Waals surface area contributed by atoms with E-state index in [1.165, 1.54) is 30.6 Å². The largest absolute Gasteiger partial charge is 0.495 e. The smallest absolute Gasteiger partial charge is 0.282 e. The minimum atomic E-state index is -0.0201. The highest BCUT2D eigenvalue weighted by atomic mass is 16.5. The third kappa shape index (κ3) is 4.21. The van der Waals surface area contributed by atoms with E-state index < -0.39 is 0 Å². The predicted octanol–water partition coefficient (Wildman–Crippen LogP) is 1.79. The number of quaternary nitrogens is 1. The summed E-state index contributed by atoms with van der Waals surface area (Å²) in [6.45, 7) is 6.23. The Morgan fingerprint density at radius 3 is 2.52 bits per heavy atom. The number of likely N-dealkylation sites (tertiary alicyclic amines) is 1. The van der Waals surface area contributed by atoms with Crippen LogP contribution in [0, 0.1) is 6.92 Å². The van der Waals surface area contributed by atoms with E-state index in [-0.39, 0.29) is 11.9 Å². The second-order valence-corrected chi connectivity index (χ2v) is 5.99. The summed E-state index contributed by atoms with van der Waals surface area (Å²) in [7, 11) is 1.63. The molecule has 2 N–H and O–H groups in total. The number of anilines is 1. The van der Waals surface area contributed by atoms with E-state index in [0.717, 1.165) is 24.3 Å². The molecule has 4 heteroatoms. The number of rotatable bonds is 4. The van der Waals surface area contributed by atoms with Gasteiger partial charge in [0.15, 0.2) is 6.04 Å². The van der Waals surface area contributed by atoms with E-state index in [1.54, 1.807) is 7.11 Å². The third-order valence-corrected chi connectivity index (χ3v) is 4.36. The van der Waals surface area contributed by atoms with Crippen molar-refractivity contribution in [1.29, 1.82) is 0 Å². The number of aryl methyl sites for hydroxylation is 1. The summed E-state index contributed by atoms with van der Waals surface area (Å²) in [5, 5.41) is 3.03. The summed E-state index contributed by atoms with van der Waals surface area (Å²) in [6.07, 6.45) is 5.04. The van der Waals surface area contributed by atoms with E-state index in [4.69, 9.17) is 4.74 Å². The van der Waals surface area contributed by atoms with E-state index in [9.17, 15) is 4.79 Å². The van der Waals surface area contributed by atoms with E-state index >= 15 is 0 Å². The molecule has 1 aliphatic rings. The lowest BCUT2D eigenvalue weighted by Gasteiger charge is -2.24. The number of nitrogens with one attached hydrogen (secondary N) is 2. The maximum atomic E-state index is 12.5. The molecule has 0 spiro atoms. The van der Waals surface area contributed by atoms with Gasteiger partial charge in [0.2, 0.25) is 0 Å². The molecule has 1 saturated heterocycles. The molecule has 1 aliphatic heterocycles. The third-order valence-electron chi connectivity index (χ3n) is 4.36. The van der Waals surface area contributed by atoms with Gasteiger partial charge < -0.3 is 15.0 Å². The van der Waals surface area contributed by atoms with Gasteiger partial charge in [-0.3, -0.25) is 4.79 Å². The molecule has 0 radical (unpaired) electrons. The monoisotopic (exact) mass is 291 g/mol. The van der Waals surface area contributed by atoms with Crippen molar-refractivity contribution in [2.45, 2.75) is 45.6 Å². The van der Waals surface area contributed by atoms with Crippen LogP contribution in [0.4, 0.5) is 5.69 Å². The first-order chi connectivity index (χ1) is 10.1. The van der Waals surface area contributed by atoms with Gasteiger partial charge in [0.1, 0.15) is 5.75 Å². The molecule has 1 aromatic rings. The lowest BCUT2D eigenvalue weighted by atomic mass is 10.2. The fourth-order valence-corrected chi connectivity index (χ4v) is 2.96. The Bertz CT molecular complexity index is 480. The highest BCUT2D eigenvalue weighted by Gasteiger charge is 2.26. The van der Waals surface area contributed by atoms with Crippen LogP contribution in [0.1, 0.15) is 38.2 Å². The summed E-state index contributed by atoms with van der Waals surface area (Å²) in [4.78, 5) is 13.9. The van der Waals surface area contributed by atoms with Gasteiger partial charge in [-0.2, -0.15) is 0 Å². The van der Waals surface area contributed by atoms with Crippen LogP contribution in [0.15, 0.2) is 18.2 Å². The van der Waals surface area contributed by atoms with Gasteiger partial charge in [0.25, 0.3) is 5.91 Å². The van der Waals surface area contributed by atoms with Gasteiger partial charge in [-0.15, -0.1) is 0 Å². The summed E-state index contributed by atoms with van der Waals surface area (Å²) in [5.41, 5.74) is 1.88. The molecule has 0 aromatic heterocycles. The molecule has 21 heavy (non-hydrogen) atoms. The van der Waals surface area contributed by atoms with E-state index in [1.807, 2.05) is 32.0 Å². The summed E-state index contributed by atoms with van der Waals surface area (Å²) >= 11 is 0. The number of carbonyl (C=O) groups excluding carboxylic acids is 1. The van der Waals surface area contributed by atoms with Crippen LogP contribution in [0.3, 0.4) is 0 Å². The topological polar surface area (TPSA) is 42.8 Å². The van der Waals surface area contributed by atoms with Gasteiger partial charge in [-0.25, -0.2) is 0 Å². The quantitative estimate of drug-likeness (QED) is 0.888. The summed E-state index contributed by atoms with van der Waals surface area (Å²) in [6, 6.07) is 5.82. The Balaban J connectivity index is 2.04. The normalized spacial score (nSPS) is 17.9. The van der Waals surface area contributed by atoms with Crippen LogP contribution < -0.4 is 15.0 Å². The molecule has 1 amide bonds. The van der Waals surface area contributed by atoms with Crippen LogP contribution >= 0.6 is 0 Å². The number of hydrogen-bond donors (Lipinski definition) is 2. The SMILES string of the molecule is COc1ccc(C)cc1NC(=O)[C@@H](C)[NH+]1CCCCCC1. The number of methoxy groups -OCH3 is 1. The molecule has 0 saturated carbocycles. The number of carbonyl (C=O) groups is 1. The highest BCUT2D eigenvalue weighted by Crippen LogP contribution is 2.25. The zero-order chi connectivity index (χ0) is 15.2. The zero-order valence-corrected chi connectivity index (χ0v) is 13.4. The Kier molecular flexibility index (Phi) is 5.62. The minimum absolute atomic E-state index is 0.0201. The first kappa shape index (κ1) is 15.8. The summed E-state index contributed by atoms with van der Waals surface area (Å²) in [5.74, 6) is 0.794. The highest BCUT2D eigenvalue weighted by molar-refractivity contribution is 5.95. The summed E-state index contributed by atoms with van der Waals surface area (Å²) < 4.78 is 5.32. The Hall–Kier alpha value is -1.55. The fraction of sp³-hybridized carbons (Fsp3) is 0.588. The van der Waals surface area contributed by atoms with Crippen molar-refractivity contribution in [2.24, 2.45) is 0 Å². The lowest BCUT2D eigenvalue weighted by Crippen LogP contribution is -3.16. The van der Waals surface area contributed by atoms with Gasteiger partial charge in [0, 0.05) is 0 Å². The standard InChI is InChI=1S/C17H26N2O2/c1-13-8-9-16(21-3)15(12-13)18-17(20)14(2)19-10-6-4-5-7-11-19/h8-9,12,14H,4-7,10-11H2,1-3H3,(H,18,20)/p+1/t14-/m1/s1. The molecule has 116 valence electrons. The van der Waals surface area contributed by atoms with Crippen molar-refractivity contribution >= 4 is 11.6 Å². The fourth-order valence-electron chi connectivity index (χ4n) is 2.96. The predicted molar refractivity (Wildman–Crippen MR) is 85.0 cm³/mol. The van der Waals surface area contributed by atoms with Crippen molar-refractivity contribution in [1.82, 2.24) is 0 Å². The molecule has 1 heterocycles. The number of ether oxygens (including phenoxy) is 1. The van der Waals surface area contributed by atoms with Gasteiger partial charge in [-0.05, 0) is 57.2 Å². The van der Waals surface area contributed by atoms with Crippen molar-refractivity contribution in [3.63, 3.8) is 0 Å². The van der Waals surface area contributed by atoms with Crippen LogP contribution in [0.5, 0.6) is 5.75 Å².